The molecule has 1 aliphatic rings. The van der Waals surface area contributed by atoms with Crippen LogP contribution < -0.4 is 16.4 Å². The van der Waals surface area contributed by atoms with E-state index in [2.05, 4.69) is 65.5 Å². The van der Waals surface area contributed by atoms with Crippen molar-refractivity contribution in [3.05, 3.63) is 42.2 Å². The van der Waals surface area contributed by atoms with Crippen molar-refractivity contribution in [2.75, 3.05) is 17.7 Å². The Morgan fingerprint density at radius 2 is 1.75 bits per heavy atom. The van der Waals surface area contributed by atoms with Crippen LogP contribution in [0.25, 0.3) is 0 Å². The molecule has 0 spiro atoms. The first kappa shape index (κ1) is 23.3. The van der Waals surface area contributed by atoms with Crippen LogP contribution in [0.15, 0.2) is 36.7 Å². The smallest absolute Gasteiger partial charge is 0.434 e. The minimum Gasteiger partial charge on any atom is -0.451 e. The summed E-state index contributed by atoms with van der Waals surface area (Å²) in [6, 6.07) is 8.48. The summed E-state index contributed by atoms with van der Waals surface area (Å²) < 4.78 is 5.54. The van der Waals surface area contributed by atoms with Gasteiger partial charge in [0.2, 0.25) is 11.8 Å². The molecule has 0 saturated heterocycles. The van der Waals surface area contributed by atoms with Crippen LogP contribution in [-0.2, 0) is 19.7 Å². The third kappa shape index (κ3) is 4.92. The standard InChI is InChI=1S/C23H31N5O4/c1-22(2,3)15-5-7-16(8-6-15)26-17-9-11-23(12-10-17,19(24)29)20(30)27-18-13-25-28(14-18)21(31)32-4/h5-8,13-14,17,26H,9-12H2,1-4H3,(H2,24,29)(H,27,30). The number of hydrogen-bond acceptors (Lipinski definition) is 6. The summed E-state index contributed by atoms with van der Waals surface area (Å²) >= 11 is 0. The first-order chi connectivity index (χ1) is 15.0. The fourth-order valence-corrected chi connectivity index (χ4v) is 3.97. The van der Waals surface area contributed by atoms with Gasteiger partial charge in [-0.05, 0) is 48.8 Å². The molecule has 32 heavy (non-hydrogen) atoms. The number of nitrogens with one attached hydrogen (secondary N) is 2. The molecular formula is C23H31N5O4. The average Bonchev–Trinajstić information content (AvgIpc) is 3.22. The summed E-state index contributed by atoms with van der Waals surface area (Å²) in [5.41, 5.74) is 7.01. The number of nitrogens with two attached hydrogens (primary N) is 1. The van der Waals surface area contributed by atoms with E-state index in [-0.39, 0.29) is 11.5 Å². The number of methoxy groups -OCH3 is 1. The summed E-state index contributed by atoms with van der Waals surface area (Å²) in [6.07, 6.45) is 3.87. The fourth-order valence-electron chi connectivity index (χ4n) is 3.97. The Morgan fingerprint density at radius 3 is 2.28 bits per heavy atom. The van der Waals surface area contributed by atoms with E-state index < -0.39 is 23.3 Å². The van der Waals surface area contributed by atoms with Crippen molar-refractivity contribution in [3.63, 3.8) is 0 Å². The molecule has 2 aromatic rings. The van der Waals surface area contributed by atoms with Gasteiger partial charge in [-0.3, -0.25) is 9.59 Å². The second-order valence-corrected chi connectivity index (χ2v) is 9.29. The number of aromatic nitrogens is 2. The second kappa shape index (κ2) is 9.02. The van der Waals surface area contributed by atoms with E-state index >= 15 is 0 Å². The Hall–Kier alpha value is -3.36. The van der Waals surface area contributed by atoms with Gasteiger partial charge < -0.3 is 21.1 Å². The Labute approximate surface area is 187 Å². The maximum Gasteiger partial charge on any atom is 0.434 e. The number of benzene rings is 1. The number of carbonyl (C=O) groups excluding carboxylic acids is 3. The summed E-state index contributed by atoms with van der Waals surface area (Å²) in [5.74, 6) is -1.13. The predicted octanol–water partition coefficient (Wildman–Crippen LogP) is 3.26. The third-order valence-corrected chi connectivity index (χ3v) is 6.07. The van der Waals surface area contributed by atoms with Crippen molar-refractivity contribution in [1.29, 1.82) is 0 Å². The highest BCUT2D eigenvalue weighted by atomic mass is 16.5. The predicted molar refractivity (Wildman–Crippen MR) is 121 cm³/mol. The van der Waals surface area contributed by atoms with Gasteiger partial charge in [0, 0.05) is 11.7 Å². The second-order valence-electron chi connectivity index (χ2n) is 9.29. The van der Waals surface area contributed by atoms with Gasteiger partial charge in [-0.2, -0.15) is 9.78 Å². The van der Waals surface area contributed by atoms with Crippen LogP contribution >= 0.6 is 0 Å². The molecular weight excluding hydrogens is 410 g/mol. The lowest BCUT2D eigenvalue weighted by Crippen LogP contribution is -2.50. The number of nitrogens with zero attached hydrogens (tertiary/aromatic N) is 2. The molecule has 1 aliphatic carbocycles. The van der Waals surface area contributed by atoms with Crippen LogP contribution in [-0.4, -0.2) is 40.8 Å². The van der Waals surface area contributed by atoms with Gasteiger partial charge in [0.1, 0.15) is 5.41 Å². The summed E-state index contributed by atoms with van der Waals surface area (Å²) in [7, 11) is 1.23. The van der Waals surface area contributed by atoms with Crippen molar-refractivity contribution in [3.8, 4) is 0 Å². The molecule has 0 aliphatic heterocycles. The van der Waals surface area contributed by atoms with E-state index in [1.165, 1.54) is 25.1 Å². The van der Waals surface area contributed by atoms with Gasteiger partial charge in [0.25, 0.3) is 0 Å². The maximum atomic E-state index is 13.0. The minimum absolute atomic E-state index is 0.0885. The zero-order chi connectivity index (χ0) is 23.5. The van der Waals surface area contributed by atoms with Gasteiger partial charge in [-0.15, -0.1) is 0 Å². The molecule has 2 amide bonds. The molecule has 0 radical (unpaired) electrons. The molecule has 9 heteroatoms. The van der Waals surface area contributed by atoms with Crippen LogP contribution in [0.5, 0.6) is 0 Å². The molecule has 172 valence electrons. The number of anilines is 2. The van der Waals surface area contributed by atoms with Gasteiger partial charge in [0.05, 0.1) is 25.2 Å². The SMILES string of the molecule is COC(=O)n1cc(NC(=O)C2(C(N)=O)CCC(Nc3ccc(C(C)(C)C)cc3)CC2)cn1. The number of carbonyl (C=O) groups is 3. The number of hydrogen-bond donors (Lipinski definition) is 3. The van der Waals surface area contributed by atoms with Crippen molar-refractivity contribution in [1.82, 2.24) is 9.78 Å². The quantitative estimate of drug-likeness (QED) is 0.611. The average molecular weight is 442 g/mol. The fraction of sp³-hybridized carbons (Fsp3) is 0.478. The maximum absolute atomic E-state index is 13.0. The summed E-state index contributed by atoms with van der Waals surface area (Å²) in [4.78, 5) is 36.8. The molecule has 1 aromatic heterocycles. The van der Waals surface area contributed by atoms with E-state index in [1.54, 1.807) is 0 Å². The minimum atomic E-state index is -1.30. The lowest BCUT2D eigenvalue weighted by molar-refractivity contribution is -0.140. The molecule has 1 saturated carbocycles. The van der Waals surface area contributed by atoms with Gasteiger partial charge >= 0.3 is 6.09 Å². The number of rotatable bonds is 5. The largest absolute Gasteiger partial charge is 0.451 e. The number of amides is 2. The molecule has 0 unspecified atom stereocenters. The molecule has 1 fully saturated rings. The van der Waals surface area contributed by atoms with Crippen LogP contribution in [0.4, 0.5) is 16.2 Å². The van der Waals surface area contributed by atoms with Crippen LogP contribution in [0, 0.1) is 5.41 Å². The van der Waals surface area contributed by atoms with Crippen LogP contribution in [0.2, 0.25) is 0 Å². The Balaban J connectivity index is 1.63. The molecule has 0 atom stereocenters. The summed E-state index contributed by atoms with van der Waals surface area (Å²) in [6.45, 7) is 6.52. The molecule has 3 rings (SSSR count). The lowest BCUT2D eigenvalue weighted by Gasteiger charge is -2.37. The van der Waals surface area contributed by atoms with E-state index in [9.17, 15) is 14.4 Å². The van der Waals surface area contributed by atoms with Crippen molar-refractivity contribution in [2.24, 2.45) is 11.1 Å². The molecule has 4 N–H and O–H groups in total. The van der Waals surface area contributed by atoms with Gasteiger partial charge in [0.15, 0.2) is 0 Å². The summed E-state index contributed by atoms with van der Waals surface area (Å²) in [5, 5.41) is 10.00. The van der Waals surface area contributed by atoms with Crippen LogP contribution in [0.3, 0.4) is 0 Å². The Morgan fingerprint density at radius 1 is 1.12 bits per heavy atom. The van der Waals surface area contributed by atoms with E-state index in [1.807, 2.05) is 0 Å². The molecule has 1 heterocycles. The lowest BCUT2D eigenvalue weighted by atomic mass is 9.71. The zero-order valence-corrected chi connectivity index (χ0v) is 19.0. The van der Waals surface area contributed by atoms with Crippen molar-refractivity contribution >= 4 is 29.3 Å². The molecule has 9 nitrogen and oxygen atoms in total. The van der Waals surface area contributed by atoms with Gasteiger partial charge in [-0.1, -0.05) is 32.9 Å². The monoisotopic (exact) mass is 441 g/mol. The molecule has 1 aromatic carbocycles. The highest BCUT2D eigenvalue weighted by molar-refractivity contribution is 6.10. The zero-order valence-electron chi connectivity index (χ0n) is 19.0. The Bertz CT molecular complexity index is 983. The van der Waals surface area contributed by atoms with E-state index in [0.717, 1.165) is 10.4 Å². The topological polar surface area (TPSA) is 128 Å². The van der Waals surface area contributed by atoms with E-state index in [0.29, 0.717) is 31.4 Å². The van der Waals surface area contributed by atoms with Crippen molar-refractivity contribution in [2.45, 2.75) is 57.9 Å². The highest BCUT2D eigenvalue weighted by Crippen LogP contribution is 2.38. The highest BCUT2D eigenvalue weighted by Gasteiger charge is 2.47. The molecule has 0 bridgehead atoms. The Kier molecular flexibility index (Phi) is 6.57. The normalized spacial score (nSPS) is 20.9. The van der Waals surface area contributed by atoms with E-state index in [4.69, 9.17) is 5.73 Å². The van der Waals surface area contributed by atoms with Crippen molar-refractivity contribution < 1.29 is 19.1 Å². The third-order valence-electron chi connectivity index (χ3n) is 6.07. The number of ether oxygens (including phenoxy) is 1. The first-order valence-corrected chi connectivity index (χ1v) is 10.7. The first-order valence-electron chi connectivity index (χ1n) is 10.7. The van der Waals surface area contributed by atoms with Gasteiger partial charge in [-0.25, -0.2) is 4.79 Å². The van der Waals surface area contributed by atoms with Crippen LogP contribution in [0.1, 0.15) is 52.0 Å². The number of primary amides is 1.